The van der Waals surface area contributed by atoms with E-state index in [9.17, 15) is 14.7 Å². The maximum absolute atomic E-state index is 13.3. The Bertz CT molecular complexity index is 1180. The van der Waals surface area contributed by atoms with Crippen LogP contribution >= 0.6 is 0 Å². The summed E-state index contributed by atoms with van der Waals surface area (Å²) >= 11 is 0. The summed E-state index contributed by atoms with van der Waals surface area (Å²) in [5.74, 6) is 0.0253. The van der Waals surface area contributed by atoms with Gasteiger partial charge < -0.3 is 29.0 Å². The van der Waals surface area contributed by atoms with E-state index in [0.717, 1.165) is 5.56 Å². The first-order valence-electron chi connectivity index (χ1n) is 12.4. The fraction of sp³-hybridized carbons (Fsp3) is 0.448. The molecular weight excluding hydrogens is 474 g/mol. The number of benzene rings is 2. The van der Waals surface area contributed by atoms with E-state index in [4.69, 9.17) is 18.9 Å². The Morgan fingerprint density at radius 3 is 2.19 bits per heavy atom. The van der Waals surface area contributed by atoms with Crippen LogP contribution in [0.3, 0.4) is 0 Å². The molecule has 0 aliphatic carbocycles. The molecule has 1 N–H and O–H groups in total. The van der Waals surface area contributed by atoms with Crippen LogP contribution in [0.2, 0.25) is 0 Å². The molecule has 1 unspecified atom stereocenters. The number of hydrogen-bond acceptors (Lipinski definition) is 7. The topological polar surface area (TPSA) is 94.5 Å². The molecule has 1 atom stereocenters. The minimum atomic E-state index is -0.829. The van der Waals surface area contributed by atoms with Crippen molar-refractivity contribution < 1.29 is 33.6 Å². The summed E-state index contributed by atoms with van der Waals surface area (Å²) < 4.78 is 22.1. The molecule has 1 fully saturated rings. The second-order valence-electron chi connectivity index (χ2n) is 9.72. The molecule has 1 aliphatic heterocycles. The average molecular weight is 512 g/mol. The fourth-order valence-corrected chi connectivity index (χ4v) is 4.48. The van der Waals surface area contributed by atoms with Crippen molar-refractivity contribution in [1.29, 1.82) is 0 Å². The van der Waals surface area contributed by atoms with E-state index in [2.05, 4.69) is 0 Å². The first-order valence-corrected chi connectivity index (χ1v) is 12.4. The average Bonchev–Trinajstić information content (AvgIpc) is 3.12. The van der Waals surface area contributed by atoms with Crippen LogP contribution in [0.4, 0.5) is 0 Å². The Morgan fingerprint density at radius 1 is 0.946 bits per heavy atom. The van der Waals surface area contributed by atoms with E-state index in [0.29, 0.717) is 41.6 Å². The highest BCUT2D eigenvalue weighted by molar-refractivity contribution is 6.46. The van der Waals surface area contributed by atoms with Gasteiger partial charge in [0.05, 0.1) is 38.5 Å². The summed E-state index contributed by atoms with van der Waals surface area (Å²) in [5.41, 5.74) is 1.65. The van der Waals surface area contributed by atoms with Crippen molar-refractivity contribution in [2.45, 2.75) is 46.1 Å². The van der Waals surface area contributed by atoms with Gasteiger partial charge in [0.25, 0.3) is 11.7 Å². The van der Waals surface area contributed by atoms with Gasteiger partial charge in [-0.3, -0.25) is 9.59 Å². The zero-order chi connectivity index (χ0) is 27.3. The number of aliphatic hydroxyl groups is 1. The quantitative estimate of drug-likeness (QED) is 0.277. The Morgan fingerprint density at radius 2 is 1.59 bits per heavy atom. The number of amides is 1. The number of carbonyl (C=O) groups excluding carboxylic acids is 2. The Kier molecular flexibility index (Phi) is 8.86. The summed E-state index contributed by atoms with van der Waals surface area (Å²) in [6.07, 6.45) is 0. The van der Waals surface area contributed by atoms with Crippen molar-refractivity contribution in [1.82, 2.24) is 4.90 Å². The number of ketones is 1. The molecule has 1 heterocycles. The van der Waals surface area contributed by atoms with E-state index in [1.165, 1.54) is 19.1 Å². The van der Waals surface area contributed by atoms with Crippen molar-refractivity contribution in [3.8, 4) is 17.2 Å². The number of hydrogen-bond donors (Lipinski definition) is 1. The molecule has 3 rings (SSSR count). The first kappa shape index (κ1) is 28.1. The Labute approximate surface area is 218 Å². The molecule has 1 aliphatic rings. The highest BCUT2D eigenvalue weighted by atomic mass is 16.5. The predicted octanol–water partition coefficient (Wildman–Crippen LogP) is 4.86. The Balaban J connectivity index is 2.23. The van der Waals surface area contributed by atoms with Gasteiger partial charge in [0.15, 0.2) is 11.5 Å². The minimum absolute atomic E-state index is 0.0105. The molecule has 8 nitrogen and oxygen atoms in total. The molecule has 200 valence electrons. The maximum atomic E-state index is 13.3. The number of methoxy groups -OCH3 is 2. The zero-order valence-corrected chi connectivity index (χ0v) is 22.7. The van der Waals surface area contributed by atoms with E-state index < -0.39 is 17.7 Å². The first-order chi connectivity index (χ1) is 17.6. The molecule has 0 saturated carbocycles. The molecule has 0 bridgehead atoms. The van der Waals surface area contributed by atoms with Crippen molar-refractivity contribution in [3.05, 3.63) is 58.7 Å². The lowest BCUT2D eigenvalue weighted by molar-refractivity contribution is -0.140. The number of Topliss-reactive ketones (excluding diaryl/α,β-unsaturated/α-hetero) is 1. The number of rotatable bonds is 10. The zero-order valence-electron chi connectivity index (χ0n) is 22.7. The van der Waals surface area contributed by atoms with Gasteiger partial charge in [0.1, 0.15) is 11.5 Å². The van der Waals surface area contributed by atoms with Crippen molar-refractivity contribution >= 4 is 17.4 Å². The normalized spacial score (nSPS) is 17.3. The predicted molar refractivity (Wildman–Crippen MR) is 141 cm³/mol. The third-order valence-electron chi connectivity index (χ3n) is 6.24. The van der Waals surface area contributed by atoms with Gasteiger partial charge in [-0.25, -0.2) is 0 Å². The molecule has 1 amide bonds. The van der Waals surface area contributed by atoms with Gasteiger partial charge in [-0.15, -0.1) is 0 Å². The van der Waals surface area contributed by atoms with Gasteiger partial charge in [-0.1, -0.05) is 26.8 Å². The lowest BCUT2D eigenvalue weighted by Crippen LogP contribution is -2.32. The molecule has 0 radical (unpaired) electrons. The molecule has 8 heteroatoms. The van der Waals surface area contributed by atoms with Crippen LogP contribution in [0, 0.1) is 0 Å². The third kappa shape index (κ3) is 5.74. The van der Waals surface area contributed by atoms with Gasteiger partial charge in [0.2, 0.25) is 0 Å². The summed E-state index contributed by atoms with van der Waals surface area (Å²) in [6, 6.07) is 9.72. The minimum Gasteiger partial charge on any atom is -0.507 e. The Hall–Kier alpha value is -3.52. The molecular formula is C29H37NO7. The van der Waals surface area contributed by atoms with Gasteiger partial charge in [-0.05, 0) is 55.2 Å². The molecule has 0 spiro atoms. The highest BCUT2D eigenvalue weighted by Gasteiger charge is 2.46. The standard InChI is InChI=1S/C29H37NO7/c1-8-36-21-12-11-19(16-20(21)29(3,4)5)26(31)24-25(30(14-15-34-6)28(33)27(24)32)18-10-13-22(37-9-2)23(17-18)35-7/h10-13,16-17,25,31H,8-9,14-15H2,1-7H3/b26-24+. The number of likely N-dealkylation sites (tertiary alicyclic amines) is 1. The lowest BCUT2D eigenvalue weighted by Gasteiger charge is -2.26. The fourth-order valence-electron chi connectivity index (χ4n) is 4.48. The second-order valence-corrected chi connectivity index (χ2v) is 9.72. The number of carbonyl (C=O) groups is 2. The maximum Gasteiger partial charge on any atom is 0.295 e. The summed E-state index contributed by atoms with van der Waals surface area (Å²) in [5, 5.41) is 11.5. The summed E-state index contributed by atoms with van der Waals surface area (Å²) in [4.78, 5) is 27.9. The van der Waals surface area contributed by atoms with Gasteiger partial charge >= 0.3 is 0 Å². The largest absolute Gasteiger partial charge is 0.507 e. The molecule has 37 heavy (non-hydrogen) atoms. The van der Waals surface area contributed by atoms with Crippen LogP contribution in [0.5, 0.6) is 17.2 Å². The number of ether oxygens (including phenoxy) is 4. The second kappa shape index (κ2) is 11.7. The van der Waals surface area contributed by atoms with Crippen molar-refractivity contribution in [2.24, 2.45) is 0 Å². The monoisotopic (exact) mass is 511 g/mol. The van der Waals surface area contributed by atoms with Crippen molar-refractivity contribution in [3.63, 3.8) is 0 Å². The smallest absolute Gasteiger partial charge is 0.295 e. The summed E-state index contributed by atoms with van der Waals surface area (Å²) in [6.45, 7) is 11.3. The van der Waals surface area contributed by atoms with Crippen LogP contribution in [-0.2, 0) is 19.7 Å². The molecule has 2 aromatic carbocycles. The highest BCUT2D eigenvalue weighted by Crippen LogP contribution is 2.43. The van der Waals surface area contributed by atoms with Crippen LogP contribution in [0.15, 0.2) is 42.0 Å². The van der Waals surface area contributed by atoms with Crippen LogP contribution in [0.25, 0.3) is 5.76 Å². The van der Waals surface area contributed by atoms with Crippen molar-refractivity contribution in [2.75, 3.05) is 40.6 Å². The van der Waals surface area contributed by atoms with E-state index >= 15 is 0 Å². The molecule has 2 aromatic rings. The lowest BCUT2D eigenvalue weighted by atomic mass is 9.84. The van der Waals surface area contributed by atoms with E-state index in [1.807, 2.05) is 40.7 Å². The van der Waals surface area contributed by atoms with Gasteiger partial charge in [-0.2, -0.15) is 0 Å². The summed E-state index contributed by atoms with van der Waals surface area (Å²) in [7, 11) is 3.05. The molecule has 0 aromatic heterocycles. The number of nitrogens with zero attached hydrogens (tertiary/aromatic N) is 1. The van der Waals surface area contributed by atoms with Crippen LogP contribution in [0.1, 0.15) is 57.4 Å². The van der Waals surface area contributed by atoms with Crippen LogP contribution in [-0.4, -0.2) is 62.3 Å². The van der Waals surface area contributed by atoms with Gasteiger partial charge in [0, 0.05) is 24.8 Å². The SMILES string of the molecule is CCOc1ccc(C2/C(=C(\O)c3ccc(OCC)c(C(C)(C)C)c3)C(=O)C(=O)N2CCOC)cc1OC. The van der Waals surface area contributed by atoms with E-state index in [-0.39, 0.29) is 29.9 Å². The third-order valence-corrected chi connectivity index (χ3v) is 6.24. The van der Waals surface area contributed by atoms with E-state index in [1.54, 1.807) is 30.3 Å². The molecule has 1 saturated heterocycles. The van der Waals surface area contributed by atoms with Crippen LogP contribution < -0.4 is 14.2 Å². The number of aliphatic hydroxyl groups excluding tert-OH is 1.